The van der Waals surface area contributed by atoms with Crippen molar-refractivity contribution in [1.29, 1.82) is 0 Å². The summed E-state index contributed by atoms with van der Waals surface area (Å²) in [6.45, 7) is 1.47. The Morgan fingerprint density at radius 2 is 1.95 bits per heavy atom. The number of methoxy groups -OCH3 is 1. The number of amides is 1. The number of carbonyl (C=O) groups excluding carboxylic acids is 1. The first-order valence-electron chi connectivity index (χ1n) is 12.0. The average molecular weight is 541 g/mol. The lowest BCUT2D eigenvalue weighted by Gasteiger charge is -2.29. The van der Waals surface area contributed by atoms with Gasteiger partial charge >= 0.3 is 0 Å². The van der Waals surface area contributed by atoms with Crippen LogP contribution in [-0.4, -0.2) is 32.7 Å². The van der Waals surface area contributed by atoms with Crippen molar-refractivity contribution in [3.8, 4) is 10.9 Å². The third-order valence-electron chi connectivity index (χ3n) is 6.44. The summed E-state index contributed by atoms with van der Waals surface area (Å²) < 4.78 is 8.72. The normalized spacial score (nSPS) is 17.0. The number of ether oxygens (including phenoxy) is 1. The number of hydrogen-bond donors (Lipinski definition) is 2. The van der Waals surface area contributed by atoms with E-state index in [2.05, 4.69) is 37.2 Å². The van der Waals surface area contributed by atoms with Crippen molar-refractivity contribution in [3.05, 3.63) is 96.6 Å². The van der Waals surface area contributed by atoms with Gasteiger partial charge in [-0.05, 0) is 66.8 Å². The standard InChI is InChI=1S/C28H24N6O2S2/c1-17(35)30-21-16-18(12-13-23(21)36-2)34-26(25(32-27(34)37)20-9-5-6-14-29-20)22-10-7-15-33(22)28-31-19-8-3-4-11-24(19)38-28/h3-16,25-26H,1-2H3,(H,30,35)(H,32,37). The molecule has 0 aliphatic carbocycles. The lowest BCUT2D eigenvalue weighted by atomic mass is 10.0. The minimum absolute atomic E-state index is 0.185. The molecule has 4 heterocycles. The van der Waals surface area contributed by atoms with Gasteiger partial charge in [0, 0.05) is 25.0 Å². The number of thiazole rings is 1. The number of anilines is 2. The van der Waals surface area contributed by atoms with Gasteiger partial charge in [0.2, 0.25) is 5.91 Å². The molecule has 0 saturated carbocycles. The van der Waals surface area contributed by atoms with Crippen LogP contribution in [0.2, 0.25) is 0 Å². The van der Waals surface area contributed by atoms with Crippen LogP contribution in [0, 0.1) is 0 Å². The molecular formula is C28H24N6O2S2. The predicted molar refractivity (Wildman–Crippen MR) is 154 cm³/mol. The molecule has 0 radical (unpaired) electrons. The maximum atomic E-state index is 11.9. The highest BCUT2D eigenvalue weighted by Crippen LogP contribution is 2.44. The Labute approximate surface area is 228 Å². The zero-order valence-electron chi connectivity index (χ0n) is 20.7. The molecule has 0 bridgehead atoms. The molecule has 2 N–H and O–H groups in total. The number of aromatic nitrogens is 3. The van der Waals surface area contributed by atoms with Gasteiger partial charge in [0.25, 0.3) is 0 Å². The highest BCUT2D eigenvalue weighted by Gasteiger charge is 2.42. The van der Waals surface area contributed by atoms with Gasteiger partial charge in [-0.2, -0.15) is 0 Å². The number of nitrogens with zero attached hydrogens (tertiary/aromatic N) is 4. The lowest BCUT2D eigenvalue weighted by Crippen LogP contribution is -2.30. The number of benzene rings is 2. The highest BCUT2D eigenvalue weighted by molar-refractivity contribution is 7.80. The van der Waals surface area contributed by atoms with Gasteiger partial charge in [0.1, 0.15) is 11.8 Å². The summed E-state index contributed by atoms with van der Waals surface area (Å²) in [7, 11) is 1.58. The molecule has 1 aliphatic heterocycles. The van der Waals surface area contributed by atoms with E-state index in [0.717, 1.165) is 32.4 Å². The van der Waals surface area contributed by atoms with E-state index in [1.54, 1.807) is 24.6 Å². The lowest BCUT2D eigenvalue weighted by molar-refractivity contribution is -0.114. The van der Waals surface area contributed by atoms with Crippen molar-refractivity contribution in [1.82, 2.24) is 19.9 Å². The van der Waals surface area contributed by atoms with Gasteiger partial charge in [-0.25, -0.2) is 4.98 Å². The van der Waals surface area contributed by atoms with E-state index in [1.165, 1.54) is 6.92 Å². The maximum absolute atomic E-state index is 11.9. The average Bonchev–Trinajstić information content (AvgIpc) is 3.65. The van der Waals surface area contributed by atoms with Crippen molar-refractivity contribution >= 4 is 56.2 Å². The molecule has 3 aromatic heterocycles. The third kappa shape index (κ3) is 4.27. The number of rotatable bonds is 6. The van der Waals surface area contributed by atoms with Crippen molar-refractivity contribution < 1.29 is 9.53 Å². The number of nitrogens with one attached hydrogen (secondary N) is 2. The van der Waals surface area contributed by atoms with Crippen molar-refractivity contribution in [2.45, 2.75) is 19.0 Å². The Kier molecular flexibility index (Phi) is 6.26. The monoisotopic (exact) mass is 540 g/mol. The maximum Gasteiger partial charge on any atom is 0.221 e. The summed E-state index contributed by atoms with van der Waals surface area (Å²) in [5.41, 5.74) is 4.22. The van der Waals surface area contributed by atoms with Crippen LogP contribution >= 0.6 is 23.6 Å². The fourth-order valence-electron chi connectivity index (χ4n) is 4.84. The predicted octanol–water partition coefficient (Wildman–Crippen LogP) is 5.63. The van der Waals surface area contributed by atoms with Crippen LogP contribution in [0.5, 0.6) is 5.75 Å². The summed E-state index contributed by atoms with van der Waals surface area (Å²) in [4.78, 5) is 23.5. The molecule has 2 atom stereocenters. The minimum atomic E-state index is -0.252. The molecule has 6 rings (SSSR count). The molecular weight excluding hydrogens is 516 g/mol. The first-order valence-corrected chi connectivity index (χ1v) is 13.3. The Bertz CT molecular complexity index is 1610. The number of pyridine rings is 1. The van der Waals surface area contributed by atoms with Crippen LogP contribution in [0.3, 0.4) is 0 Å². The summed E-state index contributed by atoms with van der Waals surface area (Å²) >= 11 is 7.54. The van der Waals surface area contributed by atoms with Gasteiger partial charge in [0.05, 0.1) is 40.4 Å². The fraction of sp³-hybridized carbons (Fsp3) is 0.143. The number of carbonyl (C=O) groups is 1. The number of thiocarbonyl (C=S) groups is 1. The summed E-state index contributed by atoms with van der Waals surface area (Å²) in [5.74, 6) is 0.382. The van der Waals surface area contributed by atoms with Gasteiger partial charge < -0.3 is 20.3 Å². The Hall–Kier alpha value is -4.28. The van der Waals surface area contributed by atoms with Gasteiger partial charge in [-0.3, -0.25) is 14.3 Å². The Balaban J connectivity index is 1.50. The topological polar surface area (TPSA) is 84.3 Å². The molecule has 2 unspecified atom stereocenters. The second-order valence-corrected chi connectivity index (χ2v) is 10.2. The summed E-state index contributed by atoms with van der Waals surface area (Å²) in [6, 6.07) is 23.3. The molecule has 1 amide bonds. The van der Waals surface area contributed by atoms with Crippen LogP contribution in [-0.2, 0) is 4.79 Å². The first-order chi connectivity index (χ1) is 18.5. The van der Waals surface area contributed by atoms with Crippen LogP contribution in [0.1, 0.15) is 30.4 Å². The van der Waals surface area contributed by atoms with Crippen LogP contribution in [0.15, 0.2) is 85.2 Å². The molecule has 1 fully saturated rings. The van der Waals surface area contributed by atoms with Gasteiger partial charge in [0.15, 0.2) is 10.2 Å². The highest BCUT2D eigenvalue weighted by atomic mass is 32.1. The zero-order valence-corrected chi connectivity index (χ0v) is 22.3. The molecule has 5 aromatic rings. The second-order valence-electron chi connectivity index (χ2n) is 8.83. The van der Waals surface area contributed by atoms with E-state index in [9.17, 15) is 4.79 Å². The van der Waals surface area contributed by atoms with Gasteiger partial charge in [-0.1, -0.05) is 29.5 Å². The number of para-hydroxylation sites is 1. The largest absolute Gasteiger partial charge is 0.495 e. The molecule has 190 valence electrons. The Morgan fingerprint density at radius 1 is 1.11 bits per heavy atom. The number of hydrogen-bond acceptors (Lipinski definition) is 6. The van der Waals surface area contributed by atoms with E-state index in [0.29, 0.717) is 16.5 Å². The molecule has 1 aliphatic rings. The zero-order chi connectivity index (χ0) is 26.2. The van der Waals surface area contributed by atoms with E-state index in [1.807, 2.05) is 66.9 Å². The molecule has 1 saturated heterocycles. The quantitative estimate of drug-likeness (QED) is 0.270. The van der Waals surface area contributed by atoms with Crippen molar-refractivity contribution in [2.24, 2.45) is 0 Å². The molecule has 2 aromatic carbocycles. The summed E-state index contributed by atoms with van der Waals surface area (Å²) in [6.07, 6.45) is 3.81. The summed E-state index contributed by atoms with van der Waals surface area (Å²) in [5, 5.41) is 7.79. The first kappa shape index (κ1) is 24.1. The smallest absolute Gasteiger partial charge is 0.221 e. The van der Waals surface area contributed by atoms with E-state index in [-0.39, 0.29) is 18.0 Å². The van der Waals surface area contributed by atoms with E-state index in [4.69, 9.17) is 21.9 Å². The molecule has 0 spiro atoms. The minimum Gasteiger partial charge on any atom is -0.495 e. The SMILES string of the molecule is COc1ccc(N2C(=S)NC(c3ccccn3)C2c2cccn2-c2nc3ccccc3s2)cc1NC(C)=O. The molecule has 10 heteroatoms. The third-order valence-corrected chi connectivity index (χ3v) is 7.79. The van der Waals surface area contributed by atoms with E-state index >= 15 is 0 Å². The number of fused-ring (bicyclic) bond motifs is 1. The molecule has 8 nitrogen and oxygen atoms in total. The van der Waals surface area contributed by atoms with E-state index < -0.39 is 0 Å². The van der Waals surface area contributed by atoms with Gasteiger partial charge in [-0.15, -0.1) is 0 Å². The second kappa shape index (κ2) is 9.88. The molecule has 38 heavy (non-hydrogen) atoms. The van der Waals surface area contributed by atoms with Crippen LogP contribution < -0.4 is 20.3 Å². The Morgan fingerprint density at radius 3 is 2.71 bits per heavy atom. The van der Waals surface area contributed by atoms with Crippen LogP contribution in [0.25, 0.3) is 15.3 Å². The van der Waals surface area contributed by atoms with Crippen molar-refractivity contribution in [2.75, 3.05) is 17.3 Å². The van der Waals surface area contributed by atoms with Crippen LogP contribution in [0.4, 0.5) is 11.4 Å². The fourth-order valence-corrected chi connectivity index (χ4v) is 6.16. The van der Waals surface area contributed by atoms with Crippen molar-refractivity contribution in [3.63, 3.8) is 0 Å².